The maximum atomic E-state index is 13.8. The van der Waals surface area contributed by atoms with Gasteiger partial charge in [0.1, 0.15) is 11.5 Å². The number of methoxy groups -OCH3 is 5. The fourth-order valence-corrected chi connectivity index (χ4v) is 5.58. The van der Waals surface area contributed by atoms with Gasteiger partial charge in [-0.25, -0.2) is 0 Å². The van der Waals surface area contributed by atoms with Crippen LogP contribution in [0.4, 0.5) is 0 Å². The maximum absolute atomic E-state index is 13.8. The third-order valence-electron chi connectivity index (χ3n) is 7.64. The third kappa shape index (κ3) is 6.07. The molecule has 1 unspecified atom stereocenters. The predicted molar refractivity (Wildman–Crippen MR) is 156 cm³/mol. The second-order valence-electron chi connectivity index (χ2n) is 9.79. The Bertz CT molecular complexity index is 1480. The number of rotatable bonds is 11. The molecular formula is C32H33NO9. The van der Waals surface area contributed by atoms with Crippen molar-refractivity contribution in [3.8, 4) is 28.7 Å². The number of allylic oxidation sites excluding steroid dienone is 1. The lowest BCUT2D eigenvalue weighted by Crippen LogP contribution is -2.48. The van der Waals surface area contributed by atoms with Crippen LogP contribution in [0.25, 0.3) is 6.08 Å². The smallest absolute Gasteiger partial charge is 0.228 e. The van der Waals surface area contributed by atoms with Crippen LogP contribution in [0.3, 0.4) is 0 Å². The topological polar surface area (TPSA) is 123 Å². The number of carbonyl (C=O) groups excluding carboxylic acids is 2. The van der Waals surface area contributed by atoms with E-state index in [9.17, 15) is 19.7 Å². The van der Waals surface area contributed by atoms with Gasteiger partial charge in [-0.3, -0.25) is 19.7 Å². The number of ketones is 2. The average molecular weight is 576 g/mol. The fourth-order valence-electron chi connectivity index (χ4n) is 5.58. The van der Waals surface area contributed by atoms with E-state index in [0.29, 0.717) is 45.4 Å². The summed E-state index contributed by atoms with van der Waals surface area (Å²) in [7, 11) is 7.50. The van der Waals surface area contributed by atoms with Crippen molar-refractivity contribution in [1.82, 2.24) is 0 Å². The number of Topliss-reactive ketones (excluding diaryl/α,β-unsaturated/α-hetero) is 1. The van der Waals surface area contributed by atoms with Gasteiger partial charge in [-0.2, -0.15) is 0 Å². The normalized spacial score (nSPS) is 20.2. The molecule has 0 radical (unpaired) electrons. The predicted octanol–water partition coefficient (Wildman–Crippen LogP) is 5.11. The Morgan fingerprint density at radius 2 is 1.36 bits per heavy atom. The van der Waals surface area contributed by atoms with Gasteiger partial charge in [-0.05, 0) is 59.2 Å². The molecule has 0 saturated heterocycles. The molecule has 42 heavy (non-hydrogen) atoms. The monoisotopic (exact) mass is 575 g/mol. The maximum Gasteiger partial charge on any atom is 0.228 e. The zero-order chi connectivity index (χ0) is 30.4. The van der Waals surface area contributed by atoms with Gasteiger partial charge < -0.3 is 23.7 Å². The first-order chi connectivity index (χ1) is 20.3. The molecule has 3 aromatic carbocycles. The minimum atomic E-state index is -1.28. The van der Waals surface area contributed by atoms with E-state index in [4.69, 9.17) is 23.7 Å². The van der Waals surface area contributed by atoms with Crippen LogP contribution in [0, 0.1) is 16.0 Å². The highest BCUT2D eigenvalue weighted by Gasteiger charge is 2.54. The number of ether oxygens (including phenoxy) is 5. The van der Waals surface area contributed by atoms with Crippen LogP contribution in [-0.4, -0.2) is 58.1 Å². The summed E-state index contributed by atoms with van der Waals surface area (Å²) in [5.41, 5.74) is 1.68. The summed E-state index contributed by atoms with van der Waals surface area (Å²) in [5, 5.41) is 12.8. The lowest BCUT2D eigenvalue weighted by molar-refractivity contribution is -0.533. The molecule has 1 saturated carbocycles. The standard InChI is InChI=1S/C32H33NO9/c1-38-22-11-8-20(9-12-22)30-31(24(34)13-6-19-7-14-26(39-2)28(16-19)41-4)25(35)18-23(32(30)33(36)37)21-10-15-27(40-3)29(17-21)42-5/h6-17,23,30-32H,18H2,1-5H3/b13-6+/t23-,30+,31?,32+/m1/s1. The Hall–Kier alpha value is -4.86. The molecule has 4 atom stereocenters. The van der Waals surface area contributed by atoms with E-state index in [1.807, 2.05) is 0 Å². The third-order valence-corrected chi connectivity index (χ3v) is 7.64. The molecule has 4 rings (SSSR count). The van der Waals surface area contributed by atoms with Crippen LogP contribution in [0.2, 0.25) is 0 Å². The van der Waals surface area contributed by atoms with E-state index < -0.39 is 29.6 Å². The molecule has 10 heteroatoms. The van der Waals surface area contributed by atoms with Gasteiger partial charge in [0.25, 0.3) is 0 Å². The Labute approximate surface area is 244 Å². The molecule has 0 aromatic heterocycles. The SMILES string of the molecule is COc1ccc([C@H]2C(C(=O)/C=C/c3ccc(OC)c(OC)c3)C(=O)C[C@H](c3ccc(OC)c(OC)c3)[C@@H]2[N+](=O)[O-])cc1. The van der Waals surface area contributed by atoms with E-state index in [1.165, 1.54) is 41.6 Å². The molecule has 10 nitrogen and oxygen atoms in total. The summed E-state index contributed by atoms with van der Waals surface area (Å²) in [6.45, 7) is 0. The van der Waals surface area contributed by atoms with Crippen molar-refractivity contribution in [3.05, 3.63) is 93.5 Å². The summed E-state index contributed by atoms with van der Waals surface area (Å²) in [6, 6.07) is 15.5. The number of benzene rings is 3. The lowest BCUT2D eigenvalue weighted by Gasteiger charge is -2.37. The van der Waals surface area contributed by atoms with Crippen molar-refractivity contribution in [1.29, 1.82) is 0 Å². The molecular weight excluding hydrogens is 542 g/mol. The van der Waals surface area contributed by atoms with E-state index in [-0.39, 0.29) is 17.1 Å². The summed E-state index contributed by atoms with van der Waals surface area (Å²) in [6.07, 6.45) is 2.67. The van der Waals surface area contributed by atoms with Gasteiger partial charge >= 0.3 is 0 Å². The van der Waals surface area contributed by atoms with E-state index in [2.05, 4.69) is 0 Å². The van der Waals surface area contributed by atoms with Crippen LogP contribution >= 0.6 is 0 Å². The number of hydrogen-bond acceptors (Lipinski definition) is 9. The summed E-state index contributed by atoms with van der Waals surface area (Å²) in [5.74, 6) is -1.60. The van der Waals surface area contributed by atoms with Crippen molar-refractivity contribution in [2.75, 3.05) is 35.5 Å². The fraction of sp³-hybridized carbons (Fsp3) is 0.312. The Balaban J connectivity index is 1.78. The number of nitrogens with zero attached hydrogens (tertiary/aromatic N) is 1. The minimum Gasteiger partial charge on any atom is -0.497 e. The molecule has 3 aromatic rings. The Kier molecular flexibility index (Phi) is 9.46. The molecule has 0 amide bonds. The molecule has 220 valence electrons. The van der Waals surface area contributed by atoms with Crippen molar-refractivity contribution in [2.24, 2.45) is 5.92 Å². The molecule has 0 spiro atoms. The minimum absolute atomic E-state index is 0.186. The molecule has 0 heterocycles. The van der Waals surface area contributed by atoms with E-state index >= 15 is 0 Å². The quantitative estimate of drug-likeness (QED) is 0.133. The largest absolute Gasteiger partial charge is 0.497 e. The number of hydrogen-bond donors (Lipinski definition) is 0. The van der Waals surface area contributed by atoms with Crippen molar-refractivity contribution < 1.29 is 38.2 Å². The highest BCUT2D eigenvalue weighted by molar-refractivity contribution is 6.10. The first-order valence-electron chi connectivity index (χ1n) is 13.2. The Morgan fingerprint density at radius 3 is 1.93 bits per heavy atom. The first-order valence-corrected chi connectivity index (χ1v) is 13.2. The van der Waals surface area contributed by atoms with Crippen LogP contribution in [0.1, 0.15) is 34.9 Å². The van der Waals surface area contributed by atoms with E-state index in [0.717, 1.165) is 0 Å². The molecule has 0 N–H and O–H groups in total. The van der Waals surface area contributed by atoms with Crippen molar-refractivity contribution in [2.45, 2.75) is 24.3 Å². The zero-order valence-electron chi connectivity index (χ0n) is 24.1. The van der Waals surface area contributed by atoms with Gasteiger partial charge in [0.2, 0.25) is 6.04 Å². The summed E-state index contributed by atoms with van der Waals surface area (Å²) < 4.78 is 26.6. The molecule has 1 aliphatic rings. The van der Waals surface area contributed by atoms with Gasteiger partial charge in [-0.1, -0.05) is 30.3 Å². The van der Waals surface area contributed by atoms with Gasteiger partial charge in [0.05, 0.1) is 53.3 Å². The Morgan fingerprint density at radius 1 is 0.786 bits per heavy atom. The van der Waals surface area contributed by atoms with Crippen LogP contribution < -0.4 is 23.7 Å². The number of carbonyl (C=O) groups is 2. The van der Waals surface area contributed by atoms with Gasteiger partial charge in [-0.15, -0.1) is 0 Å². The second-order valence-corrected chi connectivity index (χ2v) is 9.79. The highest BCUT2D eigenvalue weighted by Crippen LogP contribution is 2.47. The summed E-state index contributed by atoms with van der Waals surface area (Å²) >= 11 is 0. The molecule has 0 bridgehead atoms. The van der Waals surface area contributed by atoms with Gasteiger partial charge in [0.15, 0.2) is 28.8 Å². The summed E-state index contributed by atoms with van der Waals surface area (Å²) in [4.78, 5) is 39.9. The zero-order valence-corrected chi connectivity index (χ0v) is 24.1. The van der Waals surface area contributed by atoms with Crippen LogP contribution in [0.5, 0.6) is 28.7 Å². The van der Waals surface area contributed by atoms with Crippen LogP contribution in [-0.2, 0) is 9.59 Å². The second kappa shape index (κ2) is 13.2. The highest BCUT2D eigenvalue weighted by atomic mass is 16.6. The van der Waals surface area contributed by atoms with E-state index in [1.54, 1.807) is 66.7 Å². The molecule has 1 aliphatic carbocycles. The van der Waals surface area contributed by atoms with Crippen molar-refractivity contribution in [3.63, 3.8) is 0 Å². The number of nitro groups is 1. The first kappa shape index (κ1) is 30.1. The lowest BCUT2D eigenvalue weighted by atomic mass is 9.64. The van der Waals surface area contributed by atoms with Crippen molar-refractivity contribution >= 4 is 17.6 Å². The average Bonchev–Trinajstić information content (AvgIpc) is 3.02. The van der Waals surface area contributed by atoms with Gasteiger partial charge in [0, 0.05) is 11.3 Å². The van der Waals surface area contributed by atoms with Crippen LogP contribution in [0.15, 0.2) is 66.7 Å². The molecule has 1 fully saturated rings. The molecule has 0 aliphatic heterocycles.